The first kappa shape index (κ1) is 29.4. The summed E-state index contributed by atoms with van der Waals surface area (Å²) >= 11 is 0. The zero-order valence-electron chi connectivity index (χ0n) is 25.3. The van der Waals surface area contributed by atoms with Crippen LogP contribution in [0.5, 0.6) is 0 Å². The van der Waals surface area contributed by atoms with Gasteiger partial charge < -0.3 is 25.1 Å². The molecule has 0 radical (unpaired) electrons. The number of anilines is 3. The highest BCUT2D eigenvalue weighted by molar-refractivity contribution is 6.09. The molecule has 0 bridgehead atoms. The lowest BCUT2D eigenvalue weighted by Crippen LogP contribution is -2.33. The van der Waals surface area contributed by atoms with Crippen molar-refractivity contribution >= 4 is 51.1 Å². The Morgan fingerprint density at radius 3 is 2.40 bits per heavy atom. The number of carbonyl (C=O) groups excluding carboxylic acids is 2. The molecule has 0 aliphatic carbocycles. The third-order valence-corrected chi connectivity index (χ3v) is 7.04. The smallest absolute Gasteiger partial charge is 0.407 e. The van der Waals surface area contributed by atoms with Crippen molar-refractivity contribution in [1.82, 2.24) is 15.3 Å². The maximum absolute atomic E-state index is 13.0. The van der Waals surface area contributed by atoms with Crippen molar-refractivity contribution in [3.63, 3.8) is 0 Å². The molecule has 0 aliphatic heterocycles. The molecule has 45 heavy (non-hydrogen) atoms. The van der Waals surface area contributed by atoms with E-state index in [-0.39, 0.29) is 5.91 Å². The van der Waals surface area contributed by atoms with Crippen LogP contribution in [0.3, 0.4) is 0 Å². The highest BCUT2D eigenvalue weighted by Crippen LogP contribution is 2.35. The number of amides is 2. The monoisotopic (exact) mass is 599 g/mol. The lowest BCUT2D eigenvalue weighted by Gasteiger charge is -2.19. The number of furan rings is 1. The number of para-hydroxylation sites is 2. The molecule has 4 aromatic carbocycles. The first-order chi connectivity index (χ1) is 21.7. The predicted octanol–water partition coefficient (Wildman–Crippen LogP) is 8.11. The fourth-order valence-corrected chi connectivity index (χ4v) is 4.99. The van der Waals surface area contributed by atoms with Crippen molar-refractivity contribution in [2.45, 2.75) is 32.8 Å². The van der Waals surface area contributed by atoms with Crippen LogP contribution in [0.2, 0.25) is 0 Å². The number of nitrogens with one attached hydrogen (secondary N) is 3. The van der Waals surface area contributed by atoms with Crippen LogP contribution >= 0.6 is 0 Å². The molecule has 226 valence electrons. The van der Waals surface area contributed by atoms with Gasteiger partial charge in [0.15, 0.2) is 0 Å². The molecule has 2 aromatic heterocycles. The van der Waals surface area contributed by atoms with Crippen molar-refractivity contribution in [2.75, 3.05) is 17.2 Å². The molecular weight excluding hydrogens is 566 g/mol. The largest absolute Gasteiger partial charge is 0.455 e. The van der Waals surface area contributed by atoms with Crippen LogP contribution in [0.25, 0.3) is 33.2 Å². The van der Waals surface area contributed by atoms with Crippen molar-refractivity contribution in [3.05, 3.63) is 115 Å². The zero-order chi connectivity index (χ0) is 31.4. The molecule has 0 saturated carbocycles. The van der Waals surface area contributed by atoms with Gasteiger partial charge in [-0.1, -0.05) is 48.5 Å². The average molecular weight is 600 g/mol. The number of aromatic nitrogens is 2. The highest BCUT2D eigenvalue weighted by Gasteiger charge is 2.16. The number of carbonyl (C=O) groups is 2. The maximum atomic E-state index is 13.0. The van der Waals surface area contributed by atoms with Gasteiger partial charge in [0, 0.05) is 45.9 Å². The van der Waals surface area contributed by atoms with E-state index in [9.17, 15) is 9.59 Å². The van der Waals surface area contributed by atoms with Crippen molar-refractivity contribution < 1.29 is 18.7 Å². The van der Waals surface area contributed by atoms with Gasteiger partial charge in [0.2, 0.25) is 0 Å². The normalized spacial score (nSPS) is 11.4. The molecule has 0 aliphatic rings. The summed E-state index contributed by atoms with van der Waals surface area (Å²) in [5.41, 5.74) is 5.58. The summed E-state index contributed by atoms with van der Waals surface area (Å²) in [7, 11) is 0. The number of fused-ring (bicyclic) bond motifs is 3. The van der Waals surface area contributed by atoms with E-state index in [1.54, 1.807) is 12.1 Å². The molecule has 0 saturated heterocycles. The summed E-state index contributed by atoms with van der Waals surface area (Å²) in [5, 5.41) is 11.1. The minimum Gasteiger partial charge on any atom is -0.455 e. The van der Waals surface area contributed by atoms with Crippen LogP contribution in [0.4, 0.5) is 22.0 Å². The van der Waals surface area contributed by atoms with Gasteiger partial charge >= 0.3 is 6.09 Å². The Morgan fingerprint density at radius 2 is 1.58 bits per heavy atom. The number of rotatable bonds is 8. The molecule has 3 N–H and O–H groups in total. The quantitative estimate of drug-likeness (QED) is 0.162. The highest BCUT2D eigenvalue weighted by atomic mass is 16.6. The Hall–Kier alpha value is -5.70. The SMILES string of the molecule is CC(C)(C)OC(=O)NCCc1ccc(C(=O)Nc2cccc(Nc3cc(-c4cccc5c4oc4ccccc45)ncn3)c2)cc1. The van der Waals surface area contributed by atoms with Gasteiger partial charge in [-0.2, -0.15) is 0 Å². The molecule has 9 heteroatoms. The van der Waals surface area contributed by atoms with Gasteiger partial charge in [0.05, 0.1) is 5.69 Å². The van der Waals surface area contributed by atoms with E-state index >= 15 is 0 Å². The average Bonchev–Trinajstić information content (AvgIpc) is 3.40. The van der Waals surface area contributed by atoms with E-state index < -0.39 is 11.7 Å². The second-order valence-electron chi connectivity index (χ2n) is 11.6. The summed E-state index contributed by atoms with van der Waals surface area (Å²) < 4.78 is 11.4. The fourth-order valence-electron chi connectivity index (χ4n) is 4.99. The van der Waals surface area contributed by atoms with Gasteiger partial charge in [-0.25, -0.2) is 14.8 Å². The molecule has 0 atom stereocenters. The molecular formula is C36H33N5O4. The van der Waals surface area contributed by atoms with Gasteiger partial charge in [-0.05, 0) is 75.2 Å². The molecule has 6 aromatic rings. The van der Waals surface area contributed by atoms with Crippen LogP contribution in [0.15, 0.2) is 108 Å². The van der Waals surface area contributed by atoms with Crippen LogP contribution in [-0.4, -0.2) is 34.1 Å². The Kier molecular flexibility index (Phi) is 8.16. The Balaban J connectivity index is 1.10. The molecule has 0 spiro atoms. The molecule has 2 heterocycles. The number of nitrogens with zero attached hydrogens (tertiary/aromatic N) is 2. The number of ether oxygens (including phenoxy) is 1. The summed E-state index contributed by atoms with van der Waals surface area (Å²) in [5.74, 6) is 0.377. The van der Waals surface area contributed by atoms with Gasteiger partial charge in [0.25, 0.3) is 5.91 Å². The summed E-state index contributed by atoms with van der Waals surface area (Å²) in [6, 6.07) is 30.6. The first-order valence-corrected chi connectivity index (χ1v) is 14.7. The van der Waals surface area contributed by atoms with E-state index in [1.807, 2.05) is 106 Å². The third-order valence-electron chi connectivity index (χ3n) is 7.04. The van der Waals surface area contributed by atoms with Crippen molar-refractivity contribution in [2.24, 2.45) is 0 Å². The van der Waals surface area contributed by atoms with Crippen LogP contribution in [0, 0.1) is 0 Å². The number of hydrogen-bond donors (Lipinski definition) is 3. The number of alkyl carbamates (subject to hydrolysis) is 1. The Bertz CT molecular complexity index is 1990. The van der Waals surface area contributed by atoms with Crippen LogP contribution < -0.4 is 16.0 Å². The van der Waals surface area contributed by atoms with Crippen molar-refractivity contribution in [3.8, 4) is 11.3 Å². The summed E-state index contributed by atoms with van der Waals surface area (Å²) in [6.07, 6.45) is 1.69. The van der Waals surface area contributed by atoms with Gasteiger partial charge in [0.1, 0.15) is 28.9 Å². The number of hydrogen-bond acceptors (Lipinski definition) is 7. The lowest BCUT2D eigenvalue weighted by molar-refractivity contribution is 0.0528. The van der Waals surface area contributed by atoms with Gasteiger partial charge in [-0.15, -0.1) is 0 Å². The first-order valence-electron chi connectivity index (χ1n) is 14.7. The summed E-state index contributed by atoms with van der Waals surface area (Å²) in [4.78, 5) is 33.7. The second kappa shape index (κ2) is 12.5. The maximum Gasteiger partial charge on any atom is 0.407 e. The fraction of sp³-hybridized carbons (Fsp3) is 0.167. The predicted molar refractivity (Wildman–Crippen MR) is 177 cm³/mol. The minimum atomic E-state index is -0.541. The van der Waals surface area contributed by atoms with E-state index in [1.165, 1.54) is 6.33 Å². The van der Waals surface area contributed by atoms with E-state index in [2.05, 4.69) is 25.9 Å². The lowest BCUT2D eigenvalue weighted by atomic mass is 10.1. The third kappa shape index (κ3) is 7.10. The van der Waals surface area contributed by atoms with E-state index in [4.69, 9.17) is 9.15 Å². The molecule has 2 amide bonds. The Labute approximate surface area is 260 Å². The molecule has 0 unspecified atom stereocenters. The van der Waals surface area contributed by atoms with Crippen LogP contribution in [0.1, 0.15) is 36.7 Å². The van der Waals surface area contributed by atoms with Crippen molar-refractivity contribution in [1.29, 1.82) is 0 Å². The minimum absolute atomic E-state index is 0.228. The van der Waals surface area contributed by atoms with E-state index in [0.29, 0.717) is 30.0 Å². The number of benzene rings is 4. The molecule has 0 fully saturated rings. The Morgan fingerprint density at radius 1 is 0.822 bits per heavy atom. The molecule has 6 rings (SSSR count). The topological polar surface area (TPSA) is 118 Å². The van der Waals surface area contributed by atoms with Gasteiger partial charge in [-0.3, -0.25) is 4.79 Å². The van der Waals surface area contributed by atoms with Crippen LogP contribution in [-0.2, 0) is 11.2 Å². The zero-order valence-corrected chi connectivity index (χ0v) is 25.3. The molecule has 9 nitrogen and oxygen atoms in total. The van der Waals surface area contributed by atoms with E-state index in [0.717, 1.165) is 44.4 Å². The standard InChI is InChI=1S/C36H33N5O4/c1-36(2,3)45-35(43)37-19-18-23-14-16-24(17-15-23)34(42)41-26-9-6-8-25(20-26)40-32-21-30(38-22-39-32)29-12-7-11-28-27-10-4-5-13-31(27)44-33(28)29/h4-17,20-22H,18-19H2,1-3H3,(H,37,43)(H,41,42)(H,38,39,40). The summed E-state index contributed by atoms with van der Waals surface area (Å²) in [6.45, 7) is 5.90. The second-order valence-corrected chi connectivity index (χ2v) is 11.6.